The van der Waals surface area contributed by atoms with Crippen molar-refractivity contribution in [2.75, 3.05) is 19.6 Å². The summed E-state index contributed by atoms with van der Waals surface area (Å²) in [4.78, 5) is 30.1. The molecule has 0 saturated carbocycles. The van der Waals surface area contributed by atoms with Crippen molar-refractivity contribution in [3.63, 3.8) is 0 Å². The average molecular weight is 448 g/mol. The van der Waals surface area contributed by atoms with Crippen molar-refractivity contribution < 1.29 is 34.6 Å². The van der Waals surface area contributed by atoms with Crippen LogP contribution in [-0.4, -0.2) is 85.0 Å². The molecule has 2 aliphatic rings. The molecule has 0 spiro atoms. The predicted octanol–water partition coefficient (Wildman–Crippen LogP) is -1.25. The van der Waals surface area contributed by atoms with Gasteiger partial charge in [0, 0.05) is 18.5 Å². The Bertz CT molecular complexity index is 906. The van der Waals surface area contributed by atoms with E-state index in [4.69, 9.17) is 20.5 Å². The fourth-order valence-corrected chi connectivity index (χ4v) is 3.96. The fourth-order valence-electron chi connectivity index (χ4n) is 3.96. The number of carboxylic acid groups (broad SMARTS) is 1. The minimum Gasteiger partial charge on any atom is -0.486 e. The second-order valence-corrected chi connectivity index (χ2v) is 8.33. The molecule has 0 bridgehead atoms. The summed E-state index contributed by atoms with van der Waals surface area (Å²) in [7, 11) is -1.54. The molecular weight excluding hydrogens is 419 g/mol. The van der Waals surface area contributed by atoms with Gasteiger partial charge in [0.25, 0.3) is 0 Å². The topological polar surface area (TPSA) is 171 Å². The van der Waals surface area contributed by atoms with E-state index in [9.17, 15) is 19.8 Å². The highest BCUT2D eigenvalue weighted by Gasteiger charge is 2.44. The Morgan fingerprint density at radius 2 is 2.09 bits per heavy atom. The van der Waals surface area contributed by atoms with Gasteiger partial charge in [-0.25, -0.2) is 9.78 Å². The molecular formula is C20H29BN4O7. The van der Waals surface area contributed by atoms with E-state index in [0.717, 1.165) is 5.69 Å². The zero-order valence-corrected chi connectivity index (χ0v) is 17.9. The lowest BCUT2D eigenvalue weighted by atomic mass is 9.71. The highest BCUT2D eigenvalue weighted by Crippen LogP contribution is 2.38. The third-order valence-electron chi connectivity index (χ3n) is 5.80. The number of likely N-dealkylation sites (tertiary alicyclic amines) is 1. The van der Waals surface area contributed by atoms with Gasteiger partial charge in [0.2, 0.25) is 5.91 Å². The van der Waals surface area contributed by atoms with Crippen LogP contribution in [0.2, 0.25) is 6.32 Å². The van der Waals surface area contributed by atoms with Crippen molar-refractivity contribution in [2.45, 2.75) is 44.3 Å². The largest absolute Gasteiger partial charge is 0.486 e. The monoisotopic (exact) mass is 448 g/mol. The number of aliphatic carboxylic acids is 1. The summed E-state index contributed by atoms with van der Waals surface area (Å²) in [5.74, 6) is -1.99. The highest BCUT2D eigenvalue weighted by molar-refractivity contribution is 6.40. The summed E-state index contributed by atoms with van der Waals surface area (Å²) in [5, 5.41) is 38.7. The fraction of sp³-hybridized carbons (Fsp3) is 0.550. The first-order valence-corrected chi connectivity index (χ1v) is 10.5. The third-order valence-corrected chi connectivity index (χ3v) is 5.80. The van der Waals surface area contributed by atoms with Crippen LogP contribution >= 0.6 is 0 Å². The number of hydrogen-bond acceptors (Lipinski definition) is 8. The zero-order chi connectivity index (χ0) is 23.5. The van der Waals surface area contributed by atoms with Crippen LogP contribution in [0.4, 0.5) is 0 Å². The number of carbonyl (C=O) groups is 2. The molecule has 3 rings (SSSR count). The van der Waals surface area contributed by atoms with Crippen LogP contribution in [0.5, 0.6) is 0 Å². The molecule has 6 N–H and O–H groups in total. The number of aromatic nitrogens is 2. The molecule has 1 saturated heterocycles. The van der Waals surface area contributed by atoms with Crippen LogP contribution in [-0.2, 0) is 27.3 Å². The number of imidazole rings is 1. The molecule has 1 aromatic rings. The maximum Gasteiger partial charge on any atom is 0.451 e. The molecule has 1 aliphatic carbocycles. The molecule has 1 aliphatic heterocycles. The Morgan fingerprint density at radius 1 is 1.38 bits per heavy atom. The van der Waals surface area contributed by atoms with E-state index in [0.29, 0.717) is 26.1 Å². The second kappa shape index (κ2) is 9.86. The van der Waals surface area contributed by atoms with Crippen LogP contribution in [0.25, 0.3) is 0 Å². The van der Waals surface area contributed by atoms with Crippen molar-refractivity contribution in [3.05, 3.63) is 41.7 Å². The lowest BCUT2D eigenvalue weighted by Crippen LogP contribution is -2.55. The molecule has 174 valence electrons. The Hall–Kier alpha value is -2.67. The molecule has 2 heterocycles. The molecule has 12 heteroatoms. The Morgan fingerprint density at radius 3 is 2.72 bits per heavy atom. The van der Waals surface area contributed by atoms with Crippen LogP contribution in [0.1, 0.15) is 19.0 Å². The first-order valence-electron chi connectivity index (χ1n) is 10.5. The SMILES string of the molecule is CC1(O)C(C(=O)O)=C(OC2CN(C(=O)Cn3cnc(CCN)c3)C2)C=CC1CCB(O)O. The second-order valence-electron chi connectivity index (χ2n) is 8.33. The van der Waals surface area contributed by atoms with Crippen LogP contribution in [0.3, 0.4) is 0 Å². The van der Waals surface area contributed by atoms with E-state index in [-0.39, 0.29) is 36.5 Å². The number of ether oxygens (including phenoxy) is 1. The first kappa shape index (κ1) is 24.0. The molecule has 1 aromatic heterocycles. The number of allylic oxidation sites excluding steroid dienone is 1. The van der Waals surface area contributed by atoms with E-state index in [2.05, 4.69) is 4.98 Å². The van der Waals surface area contributed by atoms with E-state index in [1.165, 1.54) is 13.0 Å². The number of carboxylic acids is 1. The van der Waals surface area contributed by atoms with Gasteiger partial charge < -0.3 is 40.2 Å². The van der Waals surface area contributed by atoms with Crippen molar-refractivity contribution in [2.24, 2.45) is 11.7 Å². The molecule has 2 unspecified atom stereocenters. The third kappa shape index (κ3) is 5.38. The van der Waals surface area contributed by atoms with Crippen molar-refractivity contribution in [1.29, 1.82) is 0 Å². The number of rotatable bonds is 10. The van der Waals surface area contributed by atoms with Crippen LogP contribution in [0.15, 0.2) is 36.0 Å². The van der Waals surface area contributed by atoms with E-state index in [1.54, 1.807) is 28.1 Å². The minimum absolute atomic E-state index is 0.00142. The van der Waals surface area contributed by atoms with Gasteiger partial charge in [-0.3, -0.25) is 4.79 Å². The Kier molecular flexibility index (Phi) is 7.39. The lowest BCUT2D eigenvalue weighted by Gasteiger charge is -2.41. The van der Waals surface area contributed by atoms with Gasteiger partial charge in [0.15, 0.2) is 0 Å². The summed E-state index contributed by atoms with van der Waals surface area (Å²) in [6.45, 7) is 2.60. The van der Waals surface area contributed by atoms with Crippen molar-refractivity contribution in [1.82, 2.24) is 14.5 Å². The zero-order valence-electron chi connectivity index (χ0n) is 17.9. The van der Waals surface area contributed by atoms with Gasteiger partial charge in [0.1, 0.15) is 29.6 Å². The standard InChI is InChI=1S/C20H29BN4O7/c1-20(29)13(4-6-21(30)31)2-3-16(18(20)19(27)28)32-15-9-25(10-15)17(26)11-24-8-14(5-7-22)23-12-24/h2-3,8,12-13,15,29-31H,4-7,9-11,22H2,1H3,(H,27,28). The summed E-state index contributed by atoms with van der Waals surface area (Å²) in [6.07, 6.45) is 6.91. The number of aliphatic hydroxyl groups is 1. The van der Waals surface area contributed by atoms with Gasteiger partial charge in [-0.2, -0.15) is 0 Å². The maximum absolute atomic E-state index is 12.4. The molecule has 0 aromatic carbocycles. The first-order chi connectivity index (χ1) is 15.1. The summed E-state index contributed by atoms with van der Waals surface area (Å²) < 4.78 is 7.50. The number of carbonyl (C=O) groups excluding carboxylic acids is 1. The lowest BCUT2D eigenvalue weighted by molar-refractivity contribution is -0.144. The van der Waals surface area contributed by atoms with E-state index < -0.39 is 30.7 Å². The van der Waals surface area contributed by atoms with Gasteiger partial charge in [0.05, 0.1) is 25.1 Å². The normalized spacial score (nSPS) is 23.3. The number of hydrogen-bond donors (Lipinski definition) is 5. The summed E-state index contributed by atoms with van der Waals surface area (Å²) in [5.41, 5.74) is 4.30. The van der Waals surface area contributed by atoms with Crippen LogP contribution < -0.4 is 5.73 Å². The number of nitrogens with two attached hydrogens (primary N) is 1. The summed E-state index contributed by atoms with van der Waals surface area (Å²) >= 11 is 0. The smallest absolute Gasteiger partial charge is 0.451 e. The predicted molar refractivity (Wildman–Crippen MR) is 114 cm³/mol. The average Bonchev–Trinajstić information content (AvgIpc) is 3.09. The molecule has 1 amide bonds. The van der Waals surface area contributed by atoms with E-state index >= 15 is 0 Å². The van der Waals surface area contributed by atoms with Crippen molar-refractivity contribution >= 4 is 19.0 Å². The van der Waals surface area contributed by atoms with E-state index in [1.807, 2.05) is 0 Å². The van der Waals surface area contributed by atoms with Crippen molar-refractivity contribution in [3.8, 4) is 0 Å². The van der Waals surface area contributed by atoms with Gasteiger partial charge >= 0.3 is 13.1 Å². The molecule has 2 atom stereocenters. The van der Waals surface area contributed by atoms with Gasteiger partial charge in [-0.05, 0) is 32.3 Å². The minimum atomic E-state index is -1.74. The molecule has 11 nitrogen and oxygen atoms in total. The number of amides is 1. The Balaban J connectivity index is 1.58. The quantitative estimate of drug-likeness (QED) is 0.274. The van der Waals surface area contributed by atoms with Gasteiger partial charge in [-0.1, -0.05) is 6.08 Å². The van der Waals surface area contributed by atoms with Gasteiger partial charge in [-0.15, -0.1) is 0 Å². The highest BCUT2D eigenvalue weighted by atomic mass is 16.5. The Labute approximate surface area is 185 Å². The maximum atomic E-state index is 12.4. The van der Waals surface area contributed by atoms with Crippen LogP contribution in [0, 0.1) is 5.92 Å². The summed E-state index contributed by atoms with van der Waals surface area (Å²) in [6, 6.07) is 0. The number of nitrogens with zero attached hydrogens (tertiary/aromatic N) is 3. The molecule has 32 heavy (non-hydrogen) atoms. The molecule has 1 fully saturated rings. The molecule has 0 radical (unpaired) electrons.